The average molecular weight is 273 g/mol. The van der Waals surface area contributed by atoms with Crippen LogP contribution in [0.4, 0.5) is 5.69 Å². The van der Waals surface area contributed by atoms with Gasteiger partial charge in [0.05, 0.1) is 10.7 Å². The number of likely N-dealkylation sites (tertiary alicyclic amines) is 1. The molecule has 2 rings (SSSR count). The molecule has 1 aliphatic rings. The minimum atomic E-state index is 0.463. The van der Waals surface area contributed by atoms with E-state index in [0.717, 1.165) is 27.8 Å². The minimum absolute atomic E-state index is 0.463. The van der Waals surface area contributed by atoms with Crippen molar-refractivity contribution in [2.24, 2.45) is 0 Å². The first-order valence-corrected chi connectivity index (χ1v) is 6.72. The maximum atomic E-state index is 6.22. The lowest BCUT2D eigenvalue weighted by Crippen LogP contribution is -2.39. The summed E-state index contributed by atoms with van der Waals surface area (Å²) in [7, 11) is 2.15. The second kappa shape index (κ2) is 5.47. The number of likely N-dealkylation sites (N-methyl/N-ethyl adjacent to an activating group) is 1. The number of piperidine rings is 1. The summed E-state index contributed by atoms with van der Waals surface area (Å²) < 4.78 is 0. The van der Waals surface area contributed by atoms with Gasteiger partial charge in [-0.1, -0.05) is 23.2 Å². The Hall–Kier alpha value is -0.440. The summed E-state index contributed by atoms with van der Waals surface area (Å²) in [5.41, 5.74) is 1.96. The highest BCUT2D eigenvalue weighted by molar-refractivity contribution is 6.35. The van der Waals surface area contributed by atoms with Crippen LogP contribution in [0, 0.1) is 6.92 Å². The number of nitrogens with zero attached hydrogens (tertiary/aromatic N) is 1. The summed E-state index contributed by atoms with van der Waals surface area (Å²) in [5, 5.41) is 5.00. The molecule has 4 heteroatoms. The van der Waals surface area contributed by atoms with Crippen molar-refractivity contribution in [3.8, 4) is 0 Å². The van der Waals surface area contributed by atoms with Crippen LogP contribution >= 0.6 is 23.2 Å². The first kappa shape index (κ1) is 13.0. The number of hydrogen-bond acceptors (Lipinski definition) is 2. The molecule has 2 nitrogen and oxygen atoms in total. The zero-order valence-corrected chi connectivity index (χ0v) is 11.8. The van der Waals surface area contributed by atoms with E-state index in [4.69, 9.17) is 23.2 Å². The lowest BCUT2D eigenvalue weighted by Gasteiger charge is -2.31. The Morgan fingerprint density at radius 2 is 2.06 bits per heavy atom. The van der Waals surface area contributed by atoms with Crippen molar-refractivity contribution in [1.82, 2.24) is 4.90 Å². The van der Waals surface area contributed by atoms with Crippen LogP contribution in [0.3, 0.4) is 0 Å². The molecule has 0 aliphatic carbocycles. The van der Waals surface area contributed by atoms with E-state index in [-0.39, 0.29) is 0 Å². The van der Waals surface area contributed by atoms with Crippen LogP contribution in [0.5, 0.6) is 0 Å². The normalized spacial score (nSPS) is 21.5. The highest BCUT2D eigenvalue weighted by Crippen LogP contribution is 2.30. The maximum Gasteiger partial charge on any atom is 0.0641 e. The Labute approximate surface area is 113 Å². The third-order valence-electron chi connectivity index (χ3n) is 3.23. The van der Waals surface area contributed by atoms with Gasteiger partial charge in [0.25, 0.3) is 0 Å². The van der Waals surface area contributed by atoms with E-state index in [1.165, 1.54) is 19.4 Å². The summed E-state index contributed by atoms with van der Waals surface area (Å²) >= 11 is 12.3. The molecule has 1 saturated heterocycles. The fraction of sp³-hybridized carbons (Fsp3) is 0.538. The van der Waals surface area contributed by atoms with Gasteiger partial charge in [0.15, 0.2) is 0 Å². The van der Waals surface area contributed by atoms with Crippen molar-refractivity contribution in [3.05, 3.63) is 27.7 Å². The number of anilines is 1. The summed E-state index contributed by atoms with van der Waals surface area (Å²) in [6.45, 7) is 4.20. The van der Waals surface area contributed by atoms with E-state index in [9.17, 15) is 0 Å². The smallest absolute Gasteiger partial charge is 0.0641 e. The first-order valence-electron chi connectivity index (χ1n) is 5.97. The standard InChI is InChI=1S/C13H18Cl2N2/c1-9-6-12(15)13(7-11(9)14)16-10-4-3-5-17(2)8-10/h6-7,10,16H,3-5,8H2,1-2H3. The third kappa shape index (κ3) is 3.27. The molecule has 0 spiro atoms. The van der Waals surface area contributed by atoms with E-state index in [2.05, 4.69) is 17.3 Å². The van der Waals surface area contributed by atoms with E-state index in [1.807, 2.05) is 19.1 Å². The molecule has 0 amide bonds. The predicted octanol–water partition coefficient (Wildman–Crippen LogP) is 3.81. The number of benzene rings is 1. The van der Waals surface area contributed by atoms with Gasteiger partial charge in [-0.15, -0.1) is 0 Å². The van der Waals surface area contributed by atoms with Crippen LogP contribution in [0.25, 0.3) is 0 Å². The number of nitrogens with one attached hydrogen (secondary N) is 1. The summed E-state index contributed by atoms with van der Waals surface area (Å²) in [5.74, 6) is 0. The van der Waals surface area contributed by atoms with Crippen LogP contribution in [-0.2, 0) is 0 Å². The van der Waals surface area contributed by atoms with Crippen LogP contribution in [-0.4, -0.2) is 31.1 Å². The Bertz CT molecular complexity index is 407. The second-order valence-corrected chi connectivity index (χ2v) is 5.64. The van der Waals surface area contributed by atoms with Gasteiger partial charge >= 0.3 is 0 Å². The second-order valence-electron chi connectivity index (χ2n) is 4.83. The molecule has 0 aromatic heterocycles. The van der Waals surface area contributed by atoms with Crippen LogP contribution in [0.1, 0.15) is 18.4 Å². The third-order valence-corrected chi connectivity index (χ3v) is 3.95. The van der Waals surface area contributed by atoms with Crippen molar-refractivity contribution in [1.29, 1.82) is 0 Å². The maximum absolute atomic E-state index is 6.22. The molecule has 1 N–H and O–H groups in total. The fourth-order valence-electron chi connectivity index (χ4n) is 2.26. The molecule has 0 radical (unpaired) electrons. The highest BCUT2D eigenvalue weighted by Gasteiger charge is 2.18. The highest BCUT2D eigenvalue weighted by atomic mass is 35.5. The van der Waals surface area contributed by atoms with Gasteiger partial charge in [0, 0.05) is 17.6 Å². The number of aryl methyl sites for hydroxylation is 1. The van der Waals surface area contributed by atoms with Gasteiger partial charge in [-0.3, -0.25) is 0 Å². The number of rotatable bonds is 2. The number of hydrogen-bond donors (Lipinski definition) is 1. The Balaban J connectivity index is 2.10. The predicted molar refractivity (Wildman–Crippen MR) is 75.3 cm³/mol. The Morgan fingerprint density at radius 1 is 1.29 bits per heavy atom. The molecular weight excluding hydrogens is 255 g/mol. The molecule has 1 fully saturated rings. The van der Waals surface area contributed by atoms with Crippen molar-refractivity contribution in [3.63, 3.8) is 0 Å². The zero-order valence-electron chi connectivity index (χ0n) is 10.3. The topological polar surface area (TPSA) is 15.3 Å². The van der Waals surface area contributed by atoms with Gasteiger partial charge in [-0.25, -0.2) is 0 Å². The zero-order chi connectivity index (χ0) is 12.4. The molecule has 1 heterocycles. The summed E-state index contributed by atoms with van der Waals surface area (Å²) in [6.07, 6.45) is 2.41. The van der Waals surface area contributed by atoms with Gasteiger partial charge < -0.3 is 10.2 Å². The Kier molecular flexibility index (Phi) is 4.18. The summed E-state index contributed by atoms with van der Waals surface area (Å²) in [6, 6.07) is 4.30. The van der Waals surface area contributed by atoms with E-state index >= 15 is 0 Å². The number of halogens is 2. The van der Waals surface area contributed by atoms with Crippen molar-refractivity contribution in [2.75, 3.05) is 25.5 Å². The lowest BCUT2D eigenvalue weighted by atomic mass is 10.1. The van der Waals surface area contributed by atoms with Gasteiger partial charge in [0.1, 0.15) is 0 Å². The van der Waals surface area contributed by atoms with E-state index < -0.39 is 0 Å². The molecule has 1 atom stereocenters. The average Bonchev–Trinajstić information content (AvgIpc) is 2.26. The summed E-state index contributed by atoms with van der Waals surface area (Å²) in [4.78, 5) is 2.34. The molecule has 1 aromatic carbocycles. The fourth-order valence-corrected chi connectivity index (χ4v) is 2.70. The monoisotopic (exact) mass is 272 g/mol. The molecule has 17 heavy (non-hydrogen) atoms. The molecule has 1 aromatic rings. The van der Waals surface area contributed by atoms with Crippen molar-refractivity contribution >= 4 is 28.9 Å². The quantitative estimate of drug-likeness (QED) is 0.881. The molecule has 0 saturated carbocycles. The molecule has 0 bridgehead atoms. The van der Waals surface area contributed by atoms with Gasteiger partial charge in [-0.05, 0) is 51.1 Å². The van der Waals surface area contributed by atoms with Crippen molar-refractivity contribution < 1.29 is 0 Å². The molecular formula is C13H18Cl2N2. The van der Waals surface area contributed by atoms with E-state index in [0.29, 0.717) is 6.04 Å². The molecule has 94 valence electrons. The van der Waals surface area contributed by atoms with Gasteiger partial charge in [-0.2, -0.15) is 0 Å². The van der Waals surface area contributed by atoms with Gasteiger partial charge in [0.2, 0.25) is 0 Å². The van der Waals surface area contributed by atoms with E-state index in [1.54, 1.807) is 0 Å². The SMILES string of the molecule is Cc1cc(Cl)c(NC2CCCN(C)C2)cc1Cl. The van der Waals surface area contributed by atoms with Crippen LogP contribution in [0.15, 0.2) is 12.1 Å². The minimum Gasteiger partial charge on any atom is -0.380 e. The molecule has 1 unspecified atom stereocenters. The first-order chi connectivity index (χ1) is 8.06. The van der Waals surface area contributed by atoms with Crippen LogP contribution in [0.2, 0.25) is 10.0 Å². The lowest BCUT2D eigenvalue weighted by molar-refractivity contribution is 0.261. The molecule has 1 aliphatic heterocycles. The van der Waals surface area contributed by atoms with Crippen LogP contribution < -0.4 is 5.32 Å². The largest absolute Gasteiger partial charge is 0.380 e. The van der Waals surface area contributed by atoms with Crippen molar-refractivity contribution in [2.45, 2.75) is 25.8 Å². The Morgan fingerprint density at radius 3 is 2.76 bits per heavy atom.